The molecule has 3 atom stereocenters. The first-order valence-electron chi connectivity index (χ1n) is 11.8. The standard InChI is InChI=1S/C32H32O/c1-23(26-13-7-4-8-14-26)29-19-20-31(25(3)28-17-11-6-12-18-28)32(33)22-30(21-29)24(2)27-15-9-5-10-16-27/h4-18,20-21,23-25,33H,19H2,1-3H3/b29-21+,31-20-. The number of rotatable bonds is 6. The molecule has 1 aliphatic carbocycles. The second-order valence-corrected chi connectivity index (χ2v) is 8.91. The third kappa shape index (κ3) is 5.28. The highest BCUT2D eigenvalue weighted by atomic mass is 16.3. The van der Waals surface area contributed by atoms with Crippen molar-refractivity contribution in [2.45, 2.75) is 44.9 Å². The van der Waals surface area contributed by atoms with Gasteiger partial charge in [-0.2, -0.15) is 0 Å². The molecule has 0 aromatic heterocycles. The van der Waals surface area contributed by atoms with Gasteiger partial charge in [0.1, 0.15) is 0 Å². The van der Waals surface area contributed by atoms with Crippen molar-refractivity contribution in [3.05, 3.63) is 148 Å². The third-order valence-electron chi connectivity index (χ3n) is 6.82. The van der Waals surface area contributed by atoms with Crippen molar-refractivity contribution in [2.75, 3.05) is 0 Å². The summed E-state index contributed by atoms with van der Waals surface area (Å²) in [5.41, 5.74) is 10.4. The van der Waals surface area contributed by atoms with Crippen LogP contribution in [0.15, 0.2) is 131 Å². The number of aliphatic hydroxyl groups is 1. The predicted octanol–water partition coefficient (Wildman–Crippen LogP) is 8.62. The van der Waals surface area contributed by atoms with Gasteiger partial charge in [0.25, 0.3) is 0 Å². The molecule has 0 fully saturated rings. The van der Waals surface area contributed by atoms with Gasteiger partial charge in [0.15, 0.2) is 5.76 Å². The summed E-state index contributed by atoms with van der Waals surface area (Å²) in [7, 11) is 0. The van der Waals surface area contributed by atoms with Crippen molar-refractivity contribution in [1.82, 2.24) is 0 Å². The Hall–Kier alpha value is -3.54. The maximum atomic E-state index is 11.2. The fourth-order valence-corrected chi connectivity index (χ4v) is 4.54. The van der Waals surface area contributed by atoms with Crippen LogP contribution in [0.2, 0.25) is 0 Å². The quantitative estimate of drug-likeness (QED) is 0.387. The Morgan fingerprint density at radius 1 is 0.636 bits per heavy atom. The maximum absolute atomic E-state index is 11.2. The van der Waals surface area contributed by atoms with Crippen molar-refractivity contribution in [3.63, 3.8) is 0 Å². The van der Waals surface area contributed by atoms with Gasteiger partial charge in [-0.3, -0.25) is 0 Å². The van der Waals surface area contributed by atoms with Gasteiger partial charge in [0.05, 0.1) is 0 Å². The van der Waals surface area contributed by atoms with Crippen LogP contribution in [-0.4, -0.2) is 5.11 Å². The van der Waals surface area contributed by atoms with Gasteiger partial charge in [0.2, 0.25) is 0 Å². The fourth-order valence-electron chi connectivity index (χ4n) is 4.54. The molecular weight excluding hydrogens is 400 g/mol. The van der Waals surface area contributed by atoms with Crippen LogP contribution in [-0.2, 0) is 0 Å². The van der Waals surface area contributed by atoms with E-state index in [-0.39, 0.29) is 23.5 Å². The molecule has 1 heteroatoms. The highest BCUT2D eigenvalue weighted by molar-refractivity contribution is 5.46. The van der Waals surface area contributed by atoms with Crippen molar-refractivity contribution in [3.8, 4) is 0 Å². The minimum absolute atomic E-state index is 0.0818. The third-order valence-corrected chi connectivity index (χ3v) is 6.82. The van der Waals surface area contributed by atoms with E-state index in [1.165, 1.54) is 22.3 Å². The highest BCUT2D eigenvalue weighted by Crippen LogP contribution is 2.36. The molecule has 1 nitrogen and oxygen atoms in total. The Morgan fingerprint density at radius 2 is 1.09 bits per heavy atom. The van der Waals surface area contributed by atoms with E-state index in [0.717, 1.165) is 17.6 Å². The number of aliphatic hydroxyl groups excluding tert-OH is 1. The van der Waals surface area contributed by atoms with Crippen LogP contribution in [0.5, 0.6) is 0 Å². The topological polar surface area (TPSA) is 20.2 Å². The summed E-state index contributed by atoms with van der Waals surface area (Å²) in [6.45, 7) is 6.62. The van der Waals surface area contributed by atoms with Crippen molar-refractivity contribution < 1.29 is 5.11 Å². The fraction of sp³-hybridized carbons (Fsp3) is 0.219. The summed E-state index contributed by atoms with van der Waals surface area (Å²) in [6.07, 6.45) is 5.24. The Kier molecular flexibility index (Phi) is 7.13. The second kappa shape index (κ2) is 10.4. The SMILES string of the molecule is CC(C1=C=C(O)/C(C(C)c2ccccc2)=C\C/C(C(C)c2ccccc2)=C\1)c1ccccc1. The van der Waals surface area contributed by atoms with Crippen LogP contribution in [0.25, 0.3) is 0 Å². The highest BCUT2D eigenvalue weighted by Gasteiger charge is 2.21. The van der Waals surface area contributed by atoms with E-state index < -0.39 is 0 Å². The van der Waals surface area contributed by atoms with Crippen molar-refractivity contribution in [2.24, 2.45) is 0 Å². The summed E-state index contributed by atoms with van der Waals surface area (Å²) in [5.74, 6) is 0.721. The minimum Gasteiger partial charge on any atom is -0.501 e. The lowest BCUT2D eigenvalue weighted by Gasteiger charge is -2.22. The van der Waals surface area contributed by atoms with Crippen LogP contribution >= 0.6 is 0 Å². The van der Waals surface area contributed by atoms with E-state index in [1.807, 2.05) is 12.1 Å². The summed E-state index contributed by atoms with van der Waals surface area (Å²) in [4.78, 5) is 0. The predicted molar refractivity (Wildman–Crippen MR) is 139 cm³/mol. The zero-order chi connectivity index (χ0) is 23.2. The van der Waals surface area contributed by atoms with E-state index in [4.69, 9.17) is 0 Å². The molecule has 1 N–H and O–H groups in total. The molecule has 33 heavy (non-hydrogen) atoms. The van der Waals surface area contributed by atoms with E-state index in [1.54, 1.807) is 0 Å². The second-order valence-electron chi connectivity index (χ2n) is 8.91. The average Bonchev–Trinajstić information content (AvgIpc) is 2.86. The lowest BCUT2D eigenvalue weighted by molar-refractivity contribution is 0.416. The molecular formula is C32H32O. The molecule has 4 rings (SSSR count). The molecule has 1 aliphatic rings. The molecule has 0 amide bonds. The first kappa shape index (κ1) is 22.6. The summed E-state index contributed by atoms with van der Waals surface area (Å²) < 4.78 is 0. The number of hydrogen-bond acceptors (Lipinski definition) is 1. The van der Waals surface area contributed by atoms with Crippen LogP contribution in [0.3, 0.4) is 0 Å². The molecule has 0 aliphatic heterocycles. The molecule has 0 heterocycles. The molecule has 0 saturated heterocycles. The van der Waals surface area contributed by atoms with Gasteiger partial charge in [-0.25, -0.2) is 0 Å². The van der Waals surface area contributed by atoms with E-state index in [0.29, 0.717) is 0 Å². The van der Waals surface area contributed by atoms with Gasteiger partial charge in [-0.05, 0) is 23.1 Å². The molecule has 0 bridgehead atoms. The Morgan fingerprint density at radius 3 is 1.61 bits per heavy atom. The Labute approximate surface area is 198 Å². The van der Waals surface area contributed by atoms with Crippen LogP contribution in [0.4, 0.5) is 0 Å². The van der Waals surface area contributed by atoms with Gasteiger partial charge in [-0.15, -0.1) is 0 Å². The molecule has 3 unspecified atom stereocenters. The van der Waals surface area contributed by atoms with Gasteiger partial charge in [-0.1, -0.05) is 135 Å². The Bertz CT molecular complexity index is 1190. The van der Waals surface area contributed by atoms with E-state index in [2.05, 4.69) is 118 Å². The number of allylic oxidation sites excluding steroid dienone is 4. The van der Waals surface area contributed by atoms with Crippen molar-refractivity contribution in [1.29, 1.82) is 0 Å². The minimum atomic E-state index is 0.0818. The molecule has 166 valence electrons. The van der Waals surface area contributed by atoms with Gasteiger partial charge in [0, 0.05) is 28.9 Å². The normalized spacial score (nSPS) is 20.0. The molecule has 3 aromatic rings. The Balaban J connectivity index is 1.82. The number of hydrogen-bond donors (Lipinski definition) is 1. The average molecular weight is 433 g/mol. The maximum Gasteiger partial charge on any atom is 0.163 e. The largest absolute Gasteiger partial charge is 0.501 e. The zero-order valence-electron chi connectivity index (χ0n) is 19.7. The summed E-state index contributed by atoms with van der Waals surface area (Å²) in [6, 6.07) is 31.5. The molecule has 0 saturated carbocycles. The van der Waals surface area contributed by atoms with Gasteiger partial charge < -0.3 is 5.11 Å². The monoisotopic (exact) mass is 432 g/mol. The van der Waals surface area contributed by atoms with Gasteiger partial charge >= 0.3 is 0 Å². The first-order chi connectivity index (χ1) is 16.0. The van der Waals surface area contributed by atoms with Crippen molar-refractivity contribution >= 4 is 0 Å². The smallest absolute Gasteiger partial charge is 0.163 e. The number of benzene rings is 3. The zero-order valence-corrected chi connectivity index (χ0v) is 19.7. The summed E-state index contributed by atoms with van der Waals surface area (Å²) >= 11 is 0. The van der Waals surface area contributed by atoms with Crippen LogP contribution < -0.4 is 0 Å². The van der Waals surface area contributed by atoms with Crippen LogP contribution in [0.1, 0.15) is 61.6 Å². The molecule has 0 spiro atoms. The molecule has 3 aromatic carbocycles. The summed E-state index contributed by atoms with van der Waals surface area (Å²) in [5, 5.41) is 11.2. The van der Waals surface area contributed by atoms with E-state index >= 15 is 0 Å². The molecule has 0 radical (unpaired) electrons. The van der Waals surface area contributed by atoms with Crippen LogP contribution in [0, 0.1) is 0 Å². The lowest BCUT2D eigenvalue weighted by Crippen LogP contribution is -2.06. The van der Waals surface area contributed by atoms with E-state index in [9.17, 15) is 5.11 Å². The lowest BCUT2D eigenvalue weighted by atomic mass is 9.82. The first-order valence-corrected chi connectivity index (χ1v) is 11.8.